The number of carbonyl (C=O) groups excluding carboxylic acids is 1. The Morgan fingerprint density at radius 2 is 1.44 bits per heavy atom. The monoisotopic (exact) mass is 348 g/mol. The molecular formula is C23H40O2. The maximum absolute atomic E-state index is 11.9. The Labute approximate surface area is 156 Å². The molecule has 0 aliphatic rings. The molecule has 25 heavy (non-hydrogen) atoms. The fourth-order valence-electron chi connectivity index (χ4n) is 2.82. The van der Waals surface area contributed by atoms with Gasteiger partial charge in [0.2, 0.25) is 0 Å². The number of hydrogen-bond acceptors (Lipinski definition) is 2. The van der Waals surface area contributed by atoms with E-state index in [-0.39, 0.29) is 11.9 Å². The van der Waals surface area contributed by atoms with Crippen LogP contribution in [0, 0.1) is 5.92 Å². The fraction of sp³-hybridized carbons (Fsp3) is 0.696. The molecule has 0 spiro atoms. The van der Waals surface area contributed by atoms with Crippen molar-refractivity contribution in [1.82, 2.24) is 0 Å². The largest absolute Gasteiger partial charge is 0.466 e. The molecular weight excluding hydrogens is 308 g/mol. The van der Waals surface area contributed by atoms with E-state index in [1.165, 1.54) is 25.7 Å². The van der Waals surface area contributed by atoms with Crippen molar-refractivity contribution in [3.63, 3.8) is 0 Å². The summed E-state index contributed by atoms with van der Waals surface area (Å²) in [5, 5.41) is 0. The van der Waals surface area contributed by atoms with E-state index < -0.39 is 0 Å². The van der Waals surface area contributed by atoms with Crippen LogP contribution in [-0.2, 0) is 9.53 Å². The van der Waals surface area contributed by atoms with Gasteiger partial charge in [-0.15, -0.1) is 0 Å². The van der Waals surface area contributed by atoms with Gasteiger partial charge in [-0.1, -0.05) is 76.0 Å². The van der Waals surface area contributed by atoms with E-state index in [4.69, 9.17) is 4.74 Å². The average Bonchev–Trinajstić information content (AvgIpc) is 2.61. The van der Waals surface area contributed by atoms with Crippen molar-refractivity contribution < 1.29 is 9.53 Å². The standard InChI is InChI=1S/C23H40O2/c1-4-7-8-9-10-11-12-13-14-15-16-17-18-19-21-22(20-5-2)23(24)25-6-3/h7-8,10-11,13-14,22H,4-6,9,12,15-21H2,1-3H3. The van der Waals surface area contributed by atoms with Gasteiger partial charge in [0.05, 0.1) is 12.5 Å². The van der Waals surface area contributed by atoms with Crippen LogP contribution in [0.3, 0.4) is 0 Å². The van der Waals surface area contributed by atoms with Gasteiger partial charge >= 0.3 is 5.97 Å². The van der Waals surface area contributed by atoms with Crippen LogP contribution in [0.25, 0.3) is 0 Å². The molecule has 0 aliphatic carbocycles. The van der Waals surface area contributed by atoms with Crippen molar-refractivity contribution in [3.05, 3.63) is 36.5 Å². The Kier molecular flexibility index (Phi) is 18.0. The van der Waals surface area contributed by atoms with Gasteiger partial charge in [0.25, 0.3) is 0 Å². The van der Waals surface area contributed by atoms with E-state index in [1.807, 2.05) is 6.92 Å². The maximum Gasteiger partial charge on any atom is 0.308 e. The minimum Gasteiger partial charge on any atom is -0.466 e. The van der Waals surface area contributed by atoms with Gasteiger partial charge in [-0.05, 0) is 51.9 Å². The van der Waals surface area contributed by atoms with Crippen molar-refractivity contribution in [2.45, 2.75) is 91.4 Å². The molecule has 0 saturated heterocycles. The van der Waals surface area contributed by atoms with Crippen LogP contribution in [0.1, 0.15) is 91.4 Å². The molecule has 0 N–H and O–H groups in total. The lowest BCUT2D eigenvalue weighted by molar-refractivity contribution is -0.148. The molecule has 0 saturated carbocycles. The minimum absolute atomic E-state index is 0.00511. The molecule has 1 atom stereocenters. The van der Waals surface area contributed by atoms with Gasteiger partial charge < -0.3 is 4.74 Å². The van der Waals surface area contributed by atoms with Gasteiger partial charge in [-0.2, -0.15) is 0 Å². The van der Waals surface area contributed by atoms with E-state index in [9.17, 15) is 4.79 Å². The Morgan fingerprint density at radius 3 is 2.08 bits per heavy atom. The summed E-state index contributed by atoms with van der Waals surface area (Å²) in [6.45, 7) is 6.67. The van der Waals surface area contributed by atoms with Gasteiger partial charge in [-0.3, -0.25) is 4.79 Å². The highest BCUT2D eigenvalue weighted by molar-refractivity contribution is 5.72. The second kappa shape index (κ2) is 19.0. The first-order valence-electron chi connectivity index (χ1n) is 10.4. The Bertz CT molecular complexity index is 380. The maximum atomic E-state index is 11.9. The number of esters is 1. The van der Waals surface area contributed by atoms with Crippen LogP contribution in [-0.4, -0.2) is 12.6 Å². The predicted molar refractivity (Wildman–Crippen MR) is 110 cm³/mol. The van der Waals surface area contributed by atoms with E-state index in [0.717, 1.165) is 44.9 Å². The highest BCUT2D eigenvalue weighted by atomic mass is 16.5. The molecule has 0 aliphatic heterocycles. The minimum atomic E-state index is 0.00511. The van der Waals surface area contributed by atoms with Crippen molar-refractivity contribution >= 4 is 5.97 Å². The SMILES string of the molecule is CCC=CCC=CCC=CCCCCCCC(CCC)C(=O)OCC. The van der Waals surface area contributed by atoms with Gasteiger partial charge in [0.1, 0.15) is 0 Å². The second-order valence-electron chi connectivity index (χ2n) is 6.52. The molecule has 2 nitrogen and oxygen atoms in total. The third-order valence-electron chi connectivity index (χ3n) is 4.21. The van der Waals surface area contributed by atoms with Gasteiger partial charge in [0, 0.05) is 0 Å². The zero-order valence-corrected chi connectivity index (χ0v) is 16.8. The summed E-state index contributed by atoms with van der Waals surface area (Å²) >= 11 is 0. The third kappa shape index (κ3) is 15.9. The molecule has 0 radical (unpaired) electrons. The molecule has 0 aromatic rings. The lowest BCUT2D eigenvalue weighted by Crippen LogP contribution is -2.17. The summed E-state index contributed by atoms with van der Waals surface area (Å²) < 4.78 is 5.17. The Morgan fingerprint density at radius 1 is 0.800 bits per heavy atom. The topological polar surface area (TPSA) is 26.3 Å². The van der Waals surface area contributed by atoms with Gasteiger partial charge in [0.15, 0.2) is 0 Å². The van der Waals surface area contributed by atoms with Crippen LogP contribution < -0.4 is 0 Å². The summed E-state index contributed by atoms with van der Waals surface area (Å²) in [6.07, 6.45) is 25.7. The number of hydrogen-bond donors (Lipinski definition) is 0. The highest BCUT2D eigenvalue weighted by Gasteiger charge is 2.17. The van der Waals surface area contributed by atoms with Crippen molar-refractivity contribution in [1.29, 1.82) is 0 Å². The van der Waals surface area contributed by atoms with Crippen molar-refractivity contribution in [2.75, 3.05) is 6.61 Å². The summed E-state index contributed by atoms with van der Waals surface area (Å²) in [5.74, 6) is 0.120. The molecule has 0 fully saturated rings. The van der Waals surface area contributed by atoms with Gasteiger partial charge in [-0.25, -0.2) is 0 Å². The lowest BCUT2D eigenvalue weighted by Gasteiger charge is -2.14. The summed E-state index contributed by atoms with van der Waals surface area (Å²) in [4.78, 5) is 11.9. The van der Waals surface area contributed by atoms with Crippen molar-refractivity contribution in [2.24, 2.45) is 5.92 Å². The van der Waals surface area contributed by atoms with Crippen LogP contribution in [0.5, 0.6) is 0 Å². The molecule has 0 amide bonds. The average molecular weight is 349 g/mol. The lowest BCUT2D eigenvalue weighted by atomic mass is 9.96. The number of allylic oxidation sites excluding steroid dienone is 6. The van der Waals surface area contributed by atoms with Crippen LogP contribution in [0.4, 0.5) is 0 Å². The van der Waals surface area contributed by atoms with Crippen LogP contribution in [0.15, 0.2) is 36.5 Å². The van der Waals surface area contributed by atoms with Crippen LogP contribution >= 0.6 is 0 Å². The van der Waals surface area contributed by atoms with E-state index in [1.54, 1.807) is 0 Å². The van der Waals surface area contributed by atoms with Crippen LogP contribution in [0.2, 0.25) is 0 Å². The molecule has 144 valence electrons. The first-order valence-corrected chi connectivity index (χ1v) is 10.4. The molecule has 0 heterocycles. The fourth-order valence-corrected chi connectivity index (χ4v) is 2.82. The third-order valence-corrected chi connectivity index (χ3v) is 4.21. The summed E-state index contributed by atoms with van der Waals surface area (Å²) in [5.41, 5.74) is 0. The molecule has 2 heteroatoms. The number of unbranched alkanes of at least 4 members (excludes halogenated alkanes) is 4. The normalized spacial score (nSPS) is 13.2. The molecule has 0 rings (SSSR count). The quantitative estimate of drug-likeness (QED) is 0.168. The molecule has 1 unspecified atom stereocenters. The second-order valence-corrected chi connectivity index (χ2v) is 6.52. The Hall–Kier alpha value is -1.31. The van der Waals surface area contributed by atoms with E-state index in [0.29, 0.717) is 6.61 Å². The molecule has 0 aromatic heterocycles. The predicted octanol–water partition coefficient (Wildman–Crippen LogP) is 7.17. The number of ether oxygens (including phenoxy) is 1. The summed E-state index contributed by atoms with van der Waals surface area (Å²) in [7, 11) is 0. The zero-order chi connectivity index (χ0) is 18.6. The molecule has 0 bridgehead atoms. The summed E-state index contributed by atoms with van der Waals surface area (Å²) in [6, 6.07) is 0. The van der Waals surface area contributed by atoms with E-state index >= 15 is 0 Å². The smallest absolute Gasteiger partial charge is 0.308 e. The molecule has 0 aromatic carbocycles. The first kappa shape index (κ1) is 23.7. The highest BCUT2D eigenvalue weighted by Crippen LogP contribution is 2.18. The zero-order valence-electron chi connectivity index (χ0n) is 16.8. The Balaban J connectivity index is 3.60. The number of carbonyl (C=O) groups is 1. The number of rotatable bonds is 16. The first-order chi connectivity index (χ1) is 12.3. The van der Waals surface area contributed by atoms with Crippen molar-refractivity contribution in [3.8, 4) is 0 Å². The van der Waals surface area contributed by atoms with E-state index in [2.05, 4.69) is 50.3 Å².